The van der Waals surface area contributed by atoms with Gasteiger partial charge in [-0.3, -0.25) is 9.20 Å². The number of benzene rings is 2. The first-order chi connectivity index (χ1) is 12.9. The molecule has 8 heteroatoms. The van der Waals surface area contributed by atoms with E-state index < -0.39 is 17.6 Å². The van der Waals surface area contributed by atoms with E-state index in [0.29, 0.717) is 10.7 Å². The highest BCUT2D eigenvalue weighted by molar-refractivity contribution is 7.15. The molecule has 0 fully saturated rings. The molecule has 2 aromatic heterocycles. The Balaban J connectivity index is 1.67. The number of aromatic nitrogens is 2. The Morgan fingerprint density at radius 2 is 1.74 bits per heavy atom. The third-order valence-corrected chi connectivity index (χ3v) is 4.83. The quantitative estimate of drug-likeness (QED) is 0.516. The highest BCUT2D eigenvalue weighted by atomic mass is 32.1. The van der Waals surface area contributed by atoms with E-state index >= 15 is 0 Å². The number of thiazole rings is 1. The molecule has 2 heterocycles. The number of carbonyl (C=O) groups excluding carboxylic acids is 1. The largest absolute Gasteiger partial charge is 0.418 e. The maximum Gasteiger partial charge on any atom is 0.418 e. The summed E-state index contributed by atoms with van der Waals surface area (Å²) in [4.78, 5) is 17.7. The van der Waals surface area contributed by atoms with Crippen LogP contribution in [0, 0.1) is 0 Å². The molecule has 0 saturated heterocycles. The number of nitrogens with one attached hydrogen (secondary N) is 1. The van der Waals surface area contributed by atoms with Gasteiger partial charge in [0.1, 0.15) is 5.69 Å². The fraction of sp³-hybridized carbons (Fsp3) is 0.0526. The highest BCUT2D eigenvalue weighted by Crippen LogP contribution is 2.35. The number of carbonyl (C=O) groups is 1. The number of para-hydroxylation sites is 1. The van der Waals surface area contributed by atoms with E-state index in [1.807, 2.05) is 30.3 Å². The smallest absolute Gasteiger partial charge is 0.320 e. The topological polar surface area (TPSA) is 46.4 Å². The average Bonchev–Trinajstić information content (AvgIpc) is 3.22. The lowest BCUT2D eigenvalue weighted by atomic mass is 10.1. The van der Waals surface area contributed by atoms with Gasteiger partial charge in [-0.15, -0.1) is 11.3 Å². The molecule has 0 atom stereocenters. The highest BCUT2D eigenvalue weighted by Gasteiger charge is 2.33. The van der Waals surface area contributed by atoms with Gasteiger partial charge in [0.2, 0.25) is 0 Å². The molecule has 4 rings (SSSR count). The summed E-state index contributed by atoms with van der Waals surface area (Å²) in [6, 6.07) is 14.3. The molecule has 0 spiro atoms. The minimum Gasteiger partial charge on any atom is -0.320 e. The van der Waals surface area contributed by atoms with Crippen molar-refractivity contribution in [1.29, 1.82) is 0 Å². The third-order valence-electron chi connectivity index (χ3n) is 3.99. The van der Waals surface area contributed by atoms with Crippen LogP contribution in [-0.4, -0.2) is 15.3 Å². The standard InChI is InChI=1S/C19H12F3N3OS/c20-19(21,22)13-8-4-5-9-14(13)23-17(26)16-11-27-18-24-15(10-25(16)18)12-6-2-1-3-7-12/h1-11H,(H,23,26). The van der Waals surface area contributed by atoms with Gasteiger partial charge in [-0.05, 0) is 12.1 Å². The number of hydrogen-bond donors (Lipinski definition) is 1. The molecule has 0 aliphatic carbocycles. The van der Waals surface area contributed by atoms with Crippen molar-refractivity contribution in [2.75, 3.05) is 5.32 Å². The number of rotatable bonds is 3. The van der Waals surface area contributed by atoms with Gasteiger partial charge in [0.05, 0.1) is 16.9 Å². The maximum absolute atomic E-state index is 13.1. The second-order valence-corrected chi connectivity index (χ2v) is 6.60. The zero-order valence-electron chi connectivity index (χ0n) is 13.7. The van der Waals surface area contributed by atoms with Crippen LogP contribution < -0.4 is 5.32 Å². The Bertz CT molecular complexity index is 1120. The summed E-state index contributed by atoms with van der Waals surface area (Å²) in [5.41, 5.74) is 0.634. The number of amides is 1. The third kappa shape index (κ3) is 3.31. The van der Waals surface area contributed by atoms with Gasteiger partial charge in [0.25, 0.3) is 5.91 Å². The summed E-state index contributed by atoms with van der Waals surface area (Å²) in [5, 5.41) is 3.93. The summed E-state index contributed by atoms with van der Waals surface area (Å²) in [7, 11) is 0. The van der Waals surface area contributed by atoms with Crippen molar-refractivity contribution in [3.8, 4) is 11.3 Å². The number of halogens is 3. The summed E-state index contributed by atoms with van der Waals surface area (Å²) in [5.74, 6) is -0.630. The predicted octanol–water partition coefficient (Wildman–Crippen LogP) is 5.33. The molecule has 0 bridgehead atoms. The summed E-state index contributed by atoms with van der Waals surface area (Å²) < 4.78 is 40.9. The van der Waals surface area contributed by atoms with Gasteiger partial charge in [-0.25, -0.2) is 4.98 Å². The van der Waals surface area contributed by atoms with Crippen LogP contribution in [0.5, 0.6) is 0 Å². The van der Waals surface area contributed by atoms with Crippen molar-refractivity contribution in [2.24, 2.45) is 0 Å². The van der Waals surface area contributed by atoms with E-state index in [-0.39, 0.29) is 11.4 Å². The monoisotopic (exact) mass is 387 g/mol. The van der Waals surface area contributed by atoms with Crippen LogP contribution >= 0.6 is 11.3 Å². The number of fused-ring (bicyclic) bond motifs is 1. The van der Waals surface area contributed by atoms with Crippen molar-refractivity contribution < 1.29 is 18.0 Å². The normalized spacial score (nSPS) is 11.7. The molecule has 27 heavy (non-hydrogen) atoms. The first-order valence-electron chi connectivity index (χ1n) is 7.93. The van der Waals surface area contributed by atoms with Crippen LogP contribution in [0.2, 0.25) is 0 Å². The van der Waals surface area contributed by atoms with Gasteiger partial charge in [0, 0.05) is 17.1 Å². The Morgan fingerprint density at radius 1 is 1.04 bits per heavy atom. The molecule has 0 aliphatic rings. The van der Waals surface area contributed by atoms with Gasteiger partial charge in [-0.2, -0.15) is 13.2 Å². The molecule has 4 aromatic rings. The summed E-state index contributed by atoms with van der Waals surface area (Å²) in [6.45, 7) is 0. The molecule has 1 N–H and O–H groups in total. The molecule has 0 saturated carbocycles. The average molecular weight is 387 g/mol. The summed E-state index contributed by atoms with van der Waals surface area (Å²) >= 11 is 1.25. The van der Waals surface area contributed by atoms with Crippen molar-refractivity contribution >= 4 is 27.9 Å². The number of anilines is 1. The number of alkyl halides is 3. The second kappa shape index (κ2) is 6.55. The lowest BCUT2D eigenvalue weighted by Crippen LogP contribution is -2.17. The fourth-order valence-corrected chi connectivity index (χ4v) is 3.57. The van der Waals surface area contributed by atoms with Crippen molar-refractivity contribution in [1.82, 2.24) is 9.38 Å². The van der Waals surface area contributed by atoms with E-state index in [4.69, 9.17) is 0 Å². The van der Waals surface area contributed by atoms with Gasteiger partial charge >= 0.3 is 6.18 Å². The molecular weight excluding hydrogens is 375 g/mol. The summed E-state index contributed by atoms with van der Waals surface area (Å²) in [6.07, 6.45) is -2.85. The Kier molecular flexibility index (Phi) is 4.19. The zero-order chi connectivity index (χ0) is 19.0. The first kappa shape index (κ1) is 17.3. The van der Waals surface area contributed by atoms with Gasteiger partial charge in [-0.1, -0.05) is 42.5 Å². The lowest BCUT2D eigenvalue weighted by molar-refractivity contribution is -0.136. The molecule has 0 aliphatic heterocycles. The van der Waals surface area contributed by atoms with Crippen LogP contribution in [0.25, 0.3) is 16.2 Å². The maximum atomic E-state index is 13.1. The molecule has 2 aromatic carbocycles. The number of nitrogens with zero attached hydrogens (tertiary/aromatic N) is 2. The van der Waals surface area contributed by atoms with Crippen LogP contribution in [0.4, 0.5) is 18.9 Å². The molecule has 136 valence electrons. The Labute approximate surface area is 155 Å². The van der Waals surface area contributed by atoms with E-state index in [0.717, 1.165) is 11.6 Å². The zero-order valence-corrected chi connectivity index (χ0v) is 14.5. The molecule has 0 unspecified atom stereocenters. The van der Waals surface area contributed by atoms with Crippen LogP contribution in [0.15, 0.2) is 66.2 Å². The van der Waals surface area contributed by atoms with Crippen LogP contribution in [0.1, 0.15) is 16.1 Å². The number of imidazole rings is 1. The molecular formula is C19H12F3N3OS. The Hall–Kier alpha value is -3.13. The predicted molar refractivity (Wildman–Crippen MR) is 97.9 cm³/mol. The van der Waals surface area contributed by atoms with Crippen molar-refractivity contribution in [3.05, 3.63) is 77.4 Å². The minimum absolute atomic E-state index is 0.224. The van der Waals surface area contributed by atoms with E-state index in [9.17, 15) is 18.0 Å². The number of hydrogen-bond acceptors (Lipinski definition) is 3. The van der Waals surface area contributed by atoms with Gasteiger partial charge < -0.3 is 5.32 Å². The molecule has 1 amide bonds. The SMILES string of the molecule is O=C(Nc1ccccc1C(F)(F)F)c1csc2nc(-c3ccccc3)cn12. The molecule has 0 radical (unpaired) electrons. The first-order valence-corrected chi connectivity index (χ1v) is 8.81. The fourth-order valence-electron chi connectivity index (χ4n) is 2.72. The second-order valence-electron chi connectivity index (χ2n) is 5.76. The van der Waals surface area contributed by atoms with E-state index in [1.165, 1.54) is 29.5 Å². The van der Waals surface area contributed by atoms with Gasteiger partial charge in [0.15, 0.2) is 4.96 Å². The van der Waals surface area contributed by atoms with E-state index in [2.05, 4.69) is 10.3 Å². The minimum atomic E-state index is -4.55. The van der Waals surface area contributed by atoms with Crippen molar-refractivity contribution in [3.63, 3.8) is 0 Å². The lowest BCUT2D eigenvalue weighted by Gasteiger charge is -2.13. The van der Waals surface area contributed by atoms with Crippen LogP contribution in [0.3, 0.4) is 0 Å². The Morgan fingerprint density at radius 3 is 2.48 bits per heavy atom. The molecule has 4 nitrogen and oxygen atoms in total. The van der Waals surface area contributed by atoms with E-state index in [1.54, 1.807) is 16.0 Å². The van der Waals surface area contributed by atoms with Crippen molar-refractivity contribution in [2.45, 2.75) is 6.18 Å². The van der Waals surface area contributed by atoms with Crippen LogP contribution in [-0.2, 0) is 6.18 Å².